The molecule has 0 aromatic rings. The van der Waals surface area contributed by atoms with E-state index in [1.54, 1.807) is 0 Å². The van der Waals surface area contributed by atoms with Crippen LogP contribution in [0.15, 0.2) is 0 Å². The molecule has 1 amide bonds. The summed E-state index contributed by atoms with van der Waals surface area (Å²) in [4.78, 5) is 19.4. The lowest BCUT2D eigenvalue weighted by molar-refractivity contribution is -0.144. The number of piperazine rings is 1. The fraction of sp³-hybridized carbons (Fsp3) is 0.944. The Bertz CT molecular complexity index is 372. The fourth-order valence-electron chi connectivity index (χ4n) is 3.72. The van der Waals surface area contributed by atoms with Crippen LogP contribution in [-0.4, -0.2) is 83.2 Å². The van der Waals surface area contributed by atoms with Gasteiger partial charge in [-0.25, -0.2) is 0 Å². The molecule has 1 N–H and O–H groups in total. The standard InChI is InChI=1S/C18H35N3O2/c1-5-15(4)17(22)18(23)21-8-6-16(7-9-21)20-12-10-19(11-13-20)14(2)3/h14-17,22H,5-13H2,1-4H3. The number of aliphatic hydroxyl groups excluding tert-OH is 1. The van der Waals surface area contributed by atoms with Crippen LogP contribution in [0.3, 0.4) is 0 Å². The highest BCUT2D eigenvalue weighted by molar-refractivity contribution is 5.81. The van der Waals surface area contributed by atoms with Crippen molar-refractivity contribution in [3.05, 3.63) is 0 Å². The van der Waals surface area contributed by atoms with Gasteiger partial charge in [-0.15, -0.1) is 0 Å². The number of rotatable bonds is 5. The van der Waals surface area contributed by atoms with Crippen LogP contribution >= 0.6 is 0 Å². The Balaban J connectivity index is 1.77. The lowest BCUT2D eigenvalue weighted by Gasteiger charge is -2.44. The van der Waals surface area contributed by atoms with E-state index in [-0.39, 0.29) is 11.8 Å². The second-order valence-corrected chi connectivity index (χ2v) is 7.55. The van der Waals surface area contributed by atoms with Crippen molar-refractivity contribution in [3.8, 4) is 0 Å². The van der Waals surface area contributed by atoms with Crippen molar-refractivity contribution in [2.45, 2.75) is 65.1 Å². The molecule has 2 aliphatic rings. The number of amides is 1. The molecular formula is C18H35N3O2. The van der Waals surface area contributed by atoms with Crippen LogP contribution in [0.2, 0.25) is 0 Å². The van der Waals surface area contributed by atoms with Gasteiger partial charge in [-0.1, -0.05) is 20.3 Å². The van der Waals surface area contributed by atoms with Gasteiger partial charge in [-0.2, -0.15) is 0 Å². The van der Waals surface area contributed by atoms with Crippen molar-refractivity contribution in [1.82, 2.24) is 14.7 Å². The SMILES string of the molecule is CCC(C)C(O)C(=O)N1CCC(N2CCN(C(C)C)CC2)CC1. The maximum atomic E-state index is 12.4. The van der Waals surface area contributed by atoms with Crippen LogP contribution in [0.25, 0.3) is 0 Å². The first-order valence-corrected chi connectivity index (χ1v) is 9.39. The highest BCUT2D eigenvalue weighted by Gasteiger charge is 2.32. The minimum atomic E-state index is -0.828. The average molecular weight is 325 g/mol. The maximum Gasteiger partial charge on any atom is 0.251 e. The molecule has 0 radical (unpaired) electrons. The summed E-state index contributed by atoms with van der Waals surface area (Å²) >= 11 is 0. The summed E-state index contributed by atoms with van der Waals surface area (Å²) in [7, 11) is 0. The molecule has 2 fully saturated rings. The second kappa shape index (κ2) is 8.45. The Morgan fingerprint density at radius 2 is 1.61 bits per heavy atom. The fourth-order valence-corrected chi connectivity index (χ4v) is 3.72. The Labute approximate surface area is 141 Å². The topological polar surface area (TPSA) is 47.0 Å². The average Bonchev–Trinajstić information content (AvgIpc) is 2.60. The lowest BCUT2D eigenvalue weighted by atomic mass is 9.98. The van der Waals surface area contributed by atoms with Crippen molar-refractivity contribution < 1.29 is 9.90 Å². The van der Waals surface area contributed by atoms with Crippen LogP contribution in [0.1, 0.15) is 47.0 Å². The molecule has 0 aliphatic carbocycles. The monoisotopic (exact) mass is 325 g/mol. The zero-order valence-corrected chi connectivity index (χ0v) is 15.4. The van der Waals surface area contributed by atoms with Gasteiger partial charge in [0.2, 0.25) is 0 Å². The number of carbonyl (C=O) groups is 1. The summed E-state index contributed by atoms with van der Waals surface area (Å²) < 4.78 is 0. The van der Waals surface area contributed by atoms with E-state index in [1.807, 2.05) is 18.7 Å². The van der Waals surface area contributed by atoms with Gasteiger partial charge in [0.25, 0.3) is 5.91 Å². The maximum absolute atomic E-state index is 12.4. The van der Waals surface area contributed by atoms with E-state index in [0.717, 1.165) is 58.5 Å². The number of likely N-dealkylation sites (tertiary alicyclic amines) is 1. The van der Waals surface area contributed by atoms with Crippen LogP contribution in [0.5, 0.6) is 0 Å². The molecule has 0 bridgehead atoms. The first-order chi connectivity index (χ1) is 10.9. The van der Waals surface area contributed by atoms with Crippen LogP contribution in [0.4, 0.5) is 0 Å². The molecule has 2 heterocycles. The van der Waals surface area contributed by atoms with Gasteiger partial charge in [0.05, 0.1) is 0 Å². The normalized spacial score (nSPS) is 24.9. The Morgan fingerprint density at radius 1 is 1.04 bits per heavy atom. The molecule has 23 heavy (non-hydrogen) atoms. The Morgan fingerprint density at radius 3 is 2.09 bits per heavy atom. The van der Waals surface area contributed by atoms with Gasteiger partial charge < -0.3 is 10.0 Å². The molecular weight excluding hydrogens is 290 g/mol. The summed E-state index contributed by atoms with van der Waals surface area (Å²) in [6.45, 7) is 14.7. The molecule has 2 saturated heterocycles. The Kier molecular flexibility index (Phi) is 6.86. The van der Waals surface area contributed by atoms with Crippen LogP contribution in [0, 0.1) is 5.92 Å². The molecule has 5 heteroatoms. The molecule has 2 rings (SSSR count). The van der Waals surface area contributed by atoms with Crippen molar-refractivity contribution in [2.24, 2.45) is 5.92 Å². The van der Waals surface area contributed by atoms with E-state index < -0.39 is 6.10 Å². The molecule has 0 aromatic heterocycles. The molecule has 5 nitrogen and oxygen atoms in total. The first-order valence-electron chi connectivity index (χ1n) is 9.39. The third-order valence-electron chi connectivity index (χ3n) is 5.81. The van der Waals surface area contributed by atoms with Gasteiger partial charge in [-0.05, 0) is 32.6 Å². The molecule has 2 aliphatic heterocycles. The Hall–Kier alpha value is -0.650. The number of aliphatic hydroxyl groups is 1. The van der Waals surface area contributed by atoms with Gasteiger partial charge in [0, 0.05) is 51.4 Å². The molecule has 0 aromatic carbocycles. The minimum Gasteiger partial charge on any atom is -0.383 e. The van der Waals surface area contributed by atoms with Crippen molar-refractivity contribution in [1.29, 1.82) is 0 Å². The van der Waals surface area contributed by atoms with Gasteiger partial charge in [0.1, 0.15) is 6.10 Å². The quantitative estimate of drug-likeness (QED) is 0.830. The second-order valence-electron chi connectivity index (χ2n) is 7.55. The lowest BCUT2D eigenvalue weighted by Crippen LogP contribution is -2.55. The largest absolute Gasteiger partial charge is 0.383 e. The number of hydrogen-bond donors (Lipinski definition) is 1. The van der Waals surface area contributed by atoms with E-state index in [2.05, 4.69) is 23.6 Å². The summed E-state index contributed by atoms with van der Waals surface area (Å²) in [6.07, 6.45) is 2.09. The molecule has 2 atom stereocenters. The predicted molar refractivity (Wildman–Crippen MR) is 93.3 cm³/mol. The van der Waals surface area contributed by atoms with Crippen molar-refractivity contribution >= 4 is 5.91 Å². The number of hydrogen-bond acceptors (Lipinski definition) is 4. The molecule has 0 spiro atoms. The molecule has 0 saturated carbocycles. The number of carbonyl (C=O) groups excluding carboxylic acids is 1. The number of nitrogens with zero attached hydrogens (tertiary/aromatic N) is 3. The summed E-state index contributed by atoms with van der Waals surface area (Å²) in [6, 6.07) is 1.24. The van der Waals surface area contributed by atoms with Gasteiger partial charge in [0.15, 0.2) is 0 Å². The van der Waals surface area contributed by atoms with E-state index in [1.165, 1.54) is 0 Å². The van der Waals surface area contributed by atoms with Crippen LogP contribution < -0.4 is 0 Å². The third kappa shape index (κ3) is 4.68. The first kappa shape index (κ1) is 18.7. The zero-order valence-electron chi connectivity index (χ0n) is 15.4. The summed E-state index contributed by atoms with van der Waals surface area (Å²) in [5.74, 6) is -0.0215. The molecule has 2 unspecified atom stereocenters. The van der Waals surface area contributed by atoms with Gasteiger partial charge in [-0.3, -0.25) is 14.6 Å². The van der Waals surface area contributed by atoms with E-state index >= 15 is 0 Å². The minimum absolute atomic E-state index is 0.0457. The van der Waals surface area contributed by atoms with Crippen molar-refractivity contribution in [2.75, 3.05) is 39.3 Å². The number of piperidine rings is 1. The summed E-state index contributed by atoms with van der Waals surface area (Å²) in [5, 5.41) is 10.1. The van der Waals surface area contributed by atoms with E-state index in [9.17, 15) is 9.90 Å². The smallest absolute Gasteiger partial charge is 0.251 e. The summed E-state index contributed by atoms with van der Waals surface area (Å²) in [5.41, 5.74) is 0. The highest BCUT2D eigenvalue weighted by Crippen LogP contribution is 2.21. The third-order valence-corrected chi connectivity index (χ3v) is 5.81. The van der Waals surface area contributed by atoms with Crippen LogP contribution in [-0.2, 0) is 4.79 Å². The van der Waals surface area contributed by atoms with Crippen molar-refractivity contribution in [3.63, 3.8) is 0 Å². The van der Waals surface area contributed by atoms with E-state index in [0.29, 0.717) is 12.1 Å². The predicted octanol–water partition coefficient (Wildman–Crippen LogP) is 1.41. The van der Waals surface area contributed by atoms with E-state index in [4.69, 9.17) is 0 Å². The highest BCUT2D eigenvalue weighted by atomic mass is 16.3. The van der Waals surface area contributed by atoms with Gasteiger partial charge >= 0.3 is 0 Å². The molecule has 134 valence electrons. The zero-order chi connectivity index (χ0) is 17.0.